The summed E-state index contributed by atoms with van der Waals surface area (Å²) in [6.07, 6.45) is 0. The minimum atomic E-state index is -0.305. The number of ether oxygens (including phenoxy) is 1. The third-order valence-electron chi connectivity index (χ3n) is 2.92. The zero-order valence-corrected chi connectivity index (χ0v) is 13.8. The van der Waals surface area contributed by atoms with Crippen LogP contribution in [-0.2, 0) is 6.54 Å². The van der Waals surface area contributed by atoms with E-state index < -0.39 is 0 Å². The predicted octanol–water partition coefficient (Wildman–Crippen LogP) is 5.13. The fourth-order valence-corrected chi connectivity index (χ4v) is 2.39. The molecule has 0 radical (unpaired) electrons. The molecule has 0 aliphatic rings. The van der Waals surface area contributed by atoms with Crippen molar-refractivity contribution in [2.24, 2.45) is 5.92 Å². The SMILES string of the molecule is CC(C)CNCc1ccc(Oc2cccc(F)c2)cc1Br. The molecule has 0 spiro atoms. The minimum absolute atomic E-state index is 0.305. The van der Waals surface area contributed by atoms with Gasteiger partial charge in [0, 0.05) is 17.1 Å². The van der Waals surface area contributed by atoms with Crippen LogP contribution in [0.4, 0.5) is 4.39 Å². The molecule has 0 saturated carbocycles. The van der Waals surface area contributed by atoms with Crippen LogP contribution >= 0.6 is 15.9 Å². The Morgan fingerprint density at radius 1 is 1.14 bits per heavy atom. The molecule has 1 N–H and O–H groups in total. The fourth-order valence-electron chi connectivity index (χ4n) is 1.90. The van der Waals surface area contributed by atoms with Crippen molar-refractivity contribution in [3.63, 3.8) is 0 Å². The lowest BCUT2D eigenvalue weighted by molar-refractivity contribution is 0.476. The molecule has 0 heterocycles. The third kappa shape index (κ3) is 5.14. The van der Waals surface area contributed by atoms with Crippen LogP contribution in [0.3, 0.4) is 0 Å². The average Bonchev–Trinajstić information content (AvgIpc) is 2.41. The maximum Gasteiger partial charge on any atom is 0.130 e. The highest BCUT2D eigenvalue weighted by Crippen LogP contribution is 2.27. The number of rotatable bonds is 6. The highest BCUT2D eigenvalue weighted by Gasteiger charge is 2.04. The van der Waals surface area contributed by atoms with Crippen LogP contribution < -0.4 is 10.1 Å². The molecule has 2 nitrogen and oxygen atoms in total. The average molecular weight is 352 g/mol. The lowest BCUT2D eigenvalue weighted by atomic mass is 10.2. The van der Waals surface area contributed by atoms with Gasteiger partial charge in [-0.05, 0) is 42.3 Å². The Hall–Kier alpha value is -1.39. The molecule has 0 saturated heterocycles. The van der Waals surface area contributed by atoms with E-state index in [0.29, 0.717) is 17.4 Å². The standard InChI is InChI=1S/C17H19BrFNO/c1-12(2)10-20-11-13-6-7-16(9-17(13)18)21-15-5-3-4-14(19)8-15/h3-9,12,20H,10-11H2,1-2H3. The summed E-state index contributed by atoms with van der Waals surface area (Å²) in [4.78, 5) is 0. The van der Waals surface area contributed by atoms with Crippen molar-refractivity contribution >= 4 is 15.9 Å². The molecule has 2 aromatic rings. The van der Waals surface area contributed by atoms with E-state index in [4.69, 9.17) is 4.74 Å². The molecular weight excluding hydrogens is 333 g/mol. The van der Waals surface area contributed by atoms with Gasteiger partial charge in [0.05, 0.1) is 0 Å². The van der Waals surface area contributed by atoms with Gasteiger partial charge < -0.3 is 10.1 Å². The molecule has 0 bridgehead atoms. The second-order valence-electron chi connectivity index (χ2n) is 5.34. The van der Waals surface area contributed by atoms with E-state index in [9.17, 15) is 4.39 Å². The maximum absolute atomic E-state index is 13.1. The van der Waals surface area contributed by atoms with Gasteiger partial charge in [-0.3, -0.25) is 0 Å². The Morgan fingerprint density at radius 2 is 1.90 bits per heavy atom. The van der Waals surface area contributed by atoms with E-state index >= 15 is 0 Å². The summed E-state index contributed by atoms with van der Waals surface area (Å²) in [5, 5.41) is 3.40. The third-order valence-corrected chi connectivity index (χ3v) is 3.66. The first-order valence-electron chi connectivity index (χ1n) is 6.97. The van der Waals surface area contributed by atoms with Crippen LogP contribution in [0.15, 0.2) is 46.9 Å². The lowest BCUT2D eigenvalue weighted by Gasteiger charge is -2.11. The quantitative estimate of drug-likeness (QED) is 0.779. The van der Waals surface area contributed by atoms with Crippen molar-refractivity contribution in [2.45, 2.75) is 20.4 Å². The Morgan fingerprint density at radius 3 is 2.57 bits per heavy atom. The van der Waals surface area contributed by atoms with Gasteiger partial charge in [-0.2, -0.15) is 0 Å². The zero-order chi connectivity index (χ0) is 15.2. The highest BCUT2D eigenvalue weighted by atomic mass is 79.9. The van der Waals surface area contributed by atoms with Crippen LogP contribution in [0, 0.1) is 11.7 Å². The maximum atomic E-state index is 13.1. The minimum Gasteiger partial charge on any atom is -0.457 e. The van der Waals surface area contributed by atoms with Gasteiger partial charge in [0.1, 0.15) is 17.3 Å². The first kappa shape index (κ1) is 16.0. The second-order valence-corrected chi connectivity index (χ2v) is 6.19. The summed E-state index contributed by atoms with van der Waals surface area (Å²) in [5.41, 5.74) is 1.17. The Labute approximate surface area is 133 Å². The van der Waals surface area contributed by atoms with E-state index in [1.165, 1.54) is 17.7 Å². The summed E-state index contributed by atoms with van der Waals surface area (Å²) in [7, 11) is 0. The van der Waals surface area contributed by atoms with Crippen LogP contribution in [-0.4, -0.2) is 6.54 Å². The molecule has 112 valence electrons. The fraction of sp³-hybridized carbons (Fsp3) is 0.294. The van der Waals surface area contributed by atoms with Gasteiger partial charge in [0.25, 0.3) is 0 Å². The molecule has 0 fully saturated rings. The first-order chi connectivity index (χ1) is 10.0. The summed E-state index contributed by atoms with van der Waals surface area (Å²) in [6, 6.07) is 11.9. The molecule has 0 aromatic heterocycles. The number of hydrogen-bond acceptors (Lipinski definition) is 2. The van der Waals surface area contributed by atoms with Crippen LogP contribution in [0.5, 0.6) is 11.5 Å². The second kappa shape index (κ2) is 7.57. The molecular formula is C17H19BrFNO. The molecule has 0 unspecified atom stereocenters. The number of hydrogen-bond donors (Lipinski definition) is 1. The van der Waals surface area contributed by atoms with Crippen molar-refractivity contribution in [1.82, 2.24) is 5.32 Å². The van der Waals surface area contributed by atoms with E-state index in [2.05, 4.69) is 35.1 Å². The van der Waals surface area contributed by atoms with E-state index in [1.807, 2.05) is 18.2 Å². The molecule has 2 aromatic carbocycles. The Balaban J connectivity index is 2.01. The number of nitrogens with one attached hydrogen (secondary N) is 1. The van der Waals surface area contributed by atoms with Crippen molar-refractivity contribution in [1.29, 1.82) is 0 Å². The van der Waals surface area contributed by atoms with Crippen LogP contribution in [0.2, 0.25) is 0 Å². The van der Waals surface area contributed by atoms with Gasteiger partial charge in [0.2, 0.25) is 0 Å². The molecule has 0 aliphatic carbocycles. The molecule has 21 heavy (non-hydrogen) atoms. The van der Waals surface area contributed by atoms with E-state index in [1.54, 1.807) is 12.1 Å². The van der Waals surface area contributed by atoms with Gasteiger partial charge >= 0.3 is 0 Å². The molecule has 0 amide bonds. The summed E-state index contributed by atoms with van der Waals surface area (Å²) < 4.78 is 19.7. The van der Waals surface area contributed by atoms with Crippen molar-refractivity contribution in [2.75, 3.05) is 6.54 Å². The normalized spacial score (nSPS) is 10.9. The number of halogens is 2. The molecule has 0 atom stereocenters. The largest absolute Gasteiger partial charge is 0.457 e. The zero-order valence-electron chi connectivity index (χ0n) is 12.2. The topological polar surface area (TPSA) is 21.3 Å². The van der Waals surface area contributed by atoms with Gasteiger partial charge in [0.15, 0.2) is 0 Å². The van der Waals surface area contributed by atoms with Crippen molar-refractivity contribution < 1.29 is 9.13 Å². The summed E-state index contributed by atoms with van der Waals surface area (Å²) in [5.74, 6) is 1.49. The number of benzene rings is 2. The predicted molar refractivity (Wildman–Crippen MR) is 87.2 cm³/mol. The van der Waals surface area contributed by atoms with Gasteiger partial charge in [-0.25, -0.2) is 4.39 Å². The molecule has 0 aliphatic heterocycles. The monoisotopic (exact) mass is 351 g/mol. The van der Waals surface area contributed by atoms with Crippen molar-refractivity contribution in [3.8, 4) is 11.5 Å². The lowest BCUT2D eigenvalue weighted by Crippen LogP contribution is -2.19. The van der Waals surface area contributed by atoms with E-state index in [-0.39, 0.29) is 5.82 Å². The van der Waals surface area contributed by atoms with Gasteiger partial charge in [-0.1, -0.05) is 41.9 Å². The van der Waals surface area contributed by atoms with Gasteiger partial charge in [-0.15, -0.1) is 0 Å². The summed E-state index contributed by atoms with van der Waals surface area (Å²) >= 11 is 3.55. The van der Waals surface area contributed by atoms with Crippen LogP contribution in [0.1, 0.15) is 19.4 Å². The highest BCUT2D eigenvalue weighted by molar-refractivity contribution is 9.10. The smallest absolute Gasteiger partial charge is 0.130 e. The van der Waals surface area contributed by atoms with Crippen LogP contribution in [0.25, 0.3) is 0 Å². The van der Waals surface area contributed by atoms with E-state index in [0.717, 1.165) is 17.6 Å². The van der Waals surface area contributed by atoms with Crippen molar-refractivity contribution in [3.05, 3.63) is 58.3 Å². The molecule has 2 rings (SSSR count). The first-order valence-corrected chi connectivity index (χ1v) is 7.76. The summed E-state index contributed by atoms with van der Waals surface area (Å²) in [6.45, 7) is 6.14. The Kier molecular flexibility index (Phi) is 5.76. The Bertz CT molecular complexity index is 601. The molecule has 4 heteroatoms.